The zero-order valence-corrected chi connectivity index (χ0v) is 30.7. The van der Waals surface area contributed by atoms with Gasteiger partial charge in [0.2, 0.25) is 12.6 Å². The molecule has 2 aromatic carbocycles. The van der Waals surface area contributed by atoms with Gasteiger partial charge in [-0.05, 0) is 65.0 Å². The summed E-state index contributed by atoms with van der Waals surface area (Å²) in [6.45, 7) is 13.2. The Kier molecular flexibility index (Phi) is 12.5. The highest BCUT2D eigenvalue weighted by molar-refractivity contribution is 7.10. The van der Waals surface area contributed by atoms with E-state index in [-0.39, 0.29) is 25.2 Å². The number of amides is 2. The third-order valence-corrected chi connectivity index (χ3v) is 9.35. The normalized spacial score (nSPS) is 13.8. The third kappa shape index (κ3) is 9.65. The number of aromatic nitrogens is 4. The third-order valence-electron chi connectivity index (χ3n) is 8.32. The van der Waals surface area contributed by atoms with Gasteiger partial charge < -0.3 is 24.4 Å². The summed E-state index contributed by atoms with van der Waals surface area (Å²) in [7, 11) is 0. The first-order valence-electron chi connectivity index (χ1n) is 16.6. The first-order valence-corrected chi connectivity index (χ1v) is 17.5. The van der Waals surface area contributed by atoms with Gasteiger partial charge >= 0.3 is 12.2 Å². The second kappa shape index (κ2) is 16.4. The highest BCUT2D eigenvalue weighted by atomic mass is 32.1. The van der Waals surface area contributed by atoms with Crippen molar-refractivity contribution in [3.8, 4) is 17.3 Å². The number of nitriles is 1. The zero-order valence-electron chi connectivity index (χ0n) is 29.8. The van der Waals surface area contributed by atoms with E-state index >= 15 is 4.39 Å². The number of hydrogen-bond acceptors (Lipinski definition) is 9. The lowest BCUT2D eigenvalue weighted by Gasteiger charge is -2.32. The predicted molar refractivity (Wildman–Crippen MR) is 185 cm³/mol. The average molecular weight is 725 g/mol. The molecule has 0 saturated heterocycles. The van der Waals surface area contributed by atoms with Crippen molar-refractivity contribution >= 4 is 23.5 Å². The number of halogens is 2. The number of ether oxygens (including phenoxy) is 2. The number of rotatable bonds is 13. The molecule has 12 nitrogen and oxygen atoms in total. The van der Waals surface area contributed by atoms with Crippen LogP contribution in [0.5, 0.6) is 0 Å². The van der Waals surface area contributed by atoms with Crippen LogP contribution in [0.25, 0.3) is 11.3 Å². The molecule has 0 spiro atoms. The Morgan fingerprint density at radius 3 is 2.31 bits per heavy atom. The van der Waals surface area contributed by atoms with E-state index in [2.05, 4.69) is 11.2 Å². The molecule has 272 valence electrons. The fourth-order valence-electron chi connectivity index (χ4n) is 5.29. The van der Waals surface area contributed by atoms with Gasteiger partial charge in [-0.2, -0.15) is 9.83 Å². The van der Waals surface area contributed by atoms with E-state index in [0.717, 1.165) is 23.8 Å². The second-order valence-corrected chi connectivity index (χ2v) is 13.9. The molecular weight excluding hydrogens is 681 g/mol. The molecule has 4 aromatic rings. The van der Waals surface area contributed by atoms with Crippen molar-refractivity contribution in [3.63, 3.8) is 0 Å². The molecule has 0 radical (unpaired) electrons. The van der Waals surface area contributed by atoms with Crippen molar-refractivity contribution in [2.24, 2.45) is 0 Å². The van der Waals surface area contributed by atoms with E-state index in [9.17, 15) is 19.1 Å². The van der Waals surface area contributed by atoms with Gasteiger partial charge in [0.1, 0.15) is 29.4 Å². The maximum Gasteiger partial charge on any atom is 0.412 e. The van der Waals surface area contributed by atoms with Gasteiger partial charge in [0.05, 0.1) is 22.3 Å². The molecule has 1 N–H and O–H groups in total. The minimum Gasteiger partial charge on any atom is -0.444 e. The van der Waals surface area contributed by atoms with E-state index in [0.29, 0.717) is 29.4 Å². The summed E-state index contributed by atoms with van der Waals surface area (Å²) in [5.74, 6) is -2.36. The summed E-state index contributed by atoms with van der Waals surface area (Å²) >= 11 is 1.26. The number of thiazole rings is 1. The summed E-state index contributed by atoms with van der Waals surface area (Å²) in [4.78, 5) is 33.3. The molecule has 3 atom stereocenters. The molecule has 0 saturated carbocycles. The molecule has 0 aliphatic carbocycles. The minimum absolute atomic E-state index is 0.215. The molecule has 2 heterocycles. The van der Waals surface area contributed by atoms with E-state index < -0.39 is 47.2 Å². The van der Waals surface area contributed by atoms with Crippen LogP contribution in [0.2, 0.25) is 0 Å². The summed E-state index contributed by atoms with van der Waals surface area (Å²) in [5, 5.41) is 28.0. The molecule has 0 bridgehead atoms. The number of benzene rings is 2. The van der Waals surface area contributed by atoms with Gasteiger partial charge in [-0.3, -0.25) is 0 Å². The lowest BCUT2D eigenvalue weighted by molar-refractivity contribution is -0.753. The largest absolute Gasteiger partial charge is 0.444 e. The van der Waals surface area contributed by atoms with Crippen molar-refractivity contribution in [1.29, 1.82) is 5.26 Å². The summed E-state index contributed by atoms with van der Waals surface area (Å²) in [5.41, 5.74) is -1.07. The fraction of sp³-hybridized carbons (Fsp3) is 0.444. The molecule has 2 aromatic heterocycles. The second-order valence-electron chi connectivity index (χ2n) is 13.0. The Bertz CT molecular complexity index is 1850. The Labute approximate surface area is 300 Å². The van der Waals surface area contributed by atoms with Crippen LogP contribution in [-0.4, -0.2) is 73.6 Å². The first-order chi connectivity index (χ1) is 24.1. The molecule has 0 fully saturated rings. The van der Waals surface area contributed by atoms with Crippen molar-refractivity contribution < 1.29 is 37.5 Å². The first kappa shape index (κ1) is 38.9. The monoisotopic (exact) mass is 724 g/mol. The summed E-state index contributed by atoms with van der Waals surface area (Å²) in [6, 6.07) is 11.9. The molecule has 0 aliphatic rings. The Hall–Kier alpha value is -4.94. The van der Waals surface area contributed by atoms with Crippen LogP contribution in [0.15, 0.2) is 60.5 Å². The lowest BCUT2D eigenvalue weighted by Crippen LogP contribution is -2.45. The number of likely N-dealkylation sites (N-methyl/N-ethyl adjacent to an activating group) is 2. The maximum atomic E-state index is 15.3. The van der Waals surface area contributed by atoms with Crippen LogP contribution in [0, 0.1) is 23.0 Å². The number of carbonyl (C=O) groups excluding carboxylic acids is 2. The van der Waals surface area contributed by atoms with Crippen LogP contribution in [0.4, 0.5) is 18.4 Å². The molecule has 2 amide bonds. The van der Waals surface area contributed by atoms with Crippen LogP contribution < -0.4 is 4.57 Å². The molecule has 0 aliphatic heterocycles. The topological polar surface area (TPSA) is 138 Å². The molecule has 1 unspecified atom stereocenters. The van der Waals surface area contributed by atoms with Crippen LogP contribution in [0.1, 0.15) is 76.7 Å². The van der Waals surface area contributed by atoms with Crippen LogP contribution in [-0.2, 0) is 21.6 Å². The van der Waals surface area contributed by atoms with Crippen LogP contribution in [0.3, 0.4) is 0 Å². The highest BCUT2D eigenvalue weighted by Gasteiger charge is 2.43. The molecule has 4 rings (SSSR count). The Morgan fingerprint density at radius 2 is 1.71 bits per heavy atom. The van der Waals surface area contributed by atoms with E-state index in [1.54, 1.807) is 71.2 Å². The van der Waals surface area contributed by atoms with Crippen molar-refractivity contribution in [2.45, 2.75) is 78.4 Å². The van der Waals surface area contributed by atoms with E-state index in [1.165, 1.54) is 43.0 Å². The van der Waals surface area contributed by atoms with Gasteiger partial charge in [0.25, 0.3) is 6.33 Å². The van der Waals surface area contributed by atoms with E-state index in [1.807, 2.05) is 6.92 Å². The molecule has 15 heteroatoms. The summed E-state index contributed by atoms with van der Waals surface area (Å²) < 4.78 is 43.8. The van der Waals surface area contributed by atoms with Gasteiger partial charge in [-0.25, -0.2) is 23.4 Å². The number of hydrogen-bond donors (Lipinski definition) is 1. The molecular formula is C36H44F2N7O5S+. The Balaban J connectivity index is 1.51. The fourth-order valence-corrected chi connectivity index (χ4v) is 6.26. The van der Waals surface area contributed by atoms with Crippen molar-refractivity contribution in [3.05, 3.63) is 88.3 Å². The van der Waals surface area contributed by atoms with Gasteiger partial charge in [0, 0.05) is 60.6 Å². The Morgan fingerprint density at radius 1 is 1.06 bits per heavy atom. The summed E-state index contributed by atoms with van der Waals surface area (Å²) in [6.07, 6.45) is 0.974. The highest BCUT2D eigenvalue weighted by Crippen LogP contribution is 2.41. The average Bonchev–Trinajstić information content (AvgIpc) is 3.77. The quantitative estimate of drug-likeness (QED) is 0.157. The van der Waals surface area contributed by atoms with E-state index in [4.69, 9.17) is 19.7 Å². The molecule has 51 heavy (non-hydrogen) atoms. The SMILES string of the molecule is CCN(CCN(CC)C(=O)OC(C)(C)C)C(=O)OC(C)[n+]1cnn(C[C@](O)(c2cc(F)ccc2F)[C@@H](C)c2nc(-c3ccc(C#N)cc3)cs2)c1. The van der Waals surface area contributed by atoms with Crippen molar-refractivity contribution in [2.75, 3.05) is 26.2 Å². The van der Waals surface area contributed by atoms with Crippen LogP contribution >= 0.6 is 11.3 Å². The smallest absolute Gasteiger partial charge is 0.412 e. The number of carbonyl (C=O) groups is 2. The number of aliphatic hydroxyl groups is 1. The van der Waals surface area contributed by atoms with Gasteiger partial charge in [-0.15, -0.1) is 16.0 Å². The predicted octanol–water partition coefficient (Wildman–Crippen LogP) is 6.37. The minimum atomic E-state index is -2.02. The number of nitrogens with zero attached hydrogens (tertiary/aromatic N) is 7. The lowest BCUT2D eigenvalue weighted by atomic mass is 9.82. The van der Waals surface area contributed by atoms with Crippen molar-refractivity contribution in [1.82, 2.24) is 24.6 Å². The van der Waals surface area contributed by atoms with Gasteiger partial charge in [0.15, 0.2) is 0 Å². The zero-order chi connectivity index (χ0) is 37.5. The standard InChI is InChI=1S/C36H44F2N7O5S/c1-8-42(16-17-43(9-2)34(47)50-35(5,6)7)33(46)49-25(4)44-22-40-45(23-44)21-36(48,29-18-28(37)14-15-30(29)38)24(3)32-41-31(20-51-32)27-12-10-26(19-39)11-13-27/h10-15,18,20,22-25,48H,8-9,16-17,21H2,1-7H3/q+1/t24-,25?,36+/m0/s1. The maximum absolute atomic E-state index is 15.3. The van der Waals surface area contributed by atoms with Gasteiger partial charge in [-0.1, -0.05) is 19.1 Å².